The van der Waals surface area contributed by atoms with E-state index in [1.807, 2.05) is 0 Å². The lowest BCUT2D eigenvalue weighted by molar-refractivity contribution is 0.0959. The van der Waals surface area contributed by atoms with Crippen molar-refractivity contribution in [3.8, 4) is 11.5 Å². The summed E-state index contributed by atoms with van der Waals surface area (Å²) < 4.78 is 10.2. The lowest BCUT2D eigenvalue weighted by Gasteiger charge is -2.12. The molecular weight excluding hydrogens is 218 g/mol. The van der Waals surface area contributed by atoms with E-state index in [2.05, 4.69) is 6.58 Å². The number of methoxy groups -OCH3 is 2. The molecular formula is C13H17NO3. The zero-order valence-electron chi connectivity index (χ0n) is 10.1. The first-order chi connectivity index (χ1) is 8.13. The molecule has 92 valence electrons. The third-order valence-corrected chi connectivity index (χ3v) is 2.43. The fourth-order valence-corrected chi connectivity index (χ4v) is 1.49. The van der Waals surface area contributed by atoms with E-state index >= 15 is 0 Å². The van der Waals surface area contributed by atoms with Gasteiger partial charge in [-0.1, -0.05) is 6.08 Å². The number of rotatable bonds is 6. The SMILES string of the molecule is C=CCC(N)C(=O)c1ccc(OC)cc1OC. The topological polar surface area (TPSA) is 61.6 Å². The predicted octanol–water partition coefficient (Wildman–Crippen LogP) is 1.79. The Balaban J connectivity index is 3.04. The third kappa shape index (κ3) is 3.07. The number of carbonyl (C=O) groups excluding carboxylic acids is 1. The van der Waals surface area contributed by atoms with Crippen LogP contribution in [0.15, 0.2) is 30.9 Å². The summed E-state index contributed by atoms with van der Waals surface area (Å²) >= 11 is 0. The highest BCUT2D eigenvalue weighted by atomic mass is 16.5. The maximum atomic E-state index is 12.0. The number of ether oxygens (including phenoxy) is 2. The summed E-state index contributed by atoms with van der Waals surface area (Å²) in [5.74, 6) is 0.939. The van der Waals surface area contributed by atoms with Crippen LogP contribution in [-0.4, -0.2) is 26.0 Å². The molecule has 1 unspecified atom stereocenters. The van der Waals surface area contributed by atoms with Gasteiger partial charge in [-0.2, -0.15) is 0 Å². The zero-order chi connectivity index (χ0) is 12.8. The molecule has 0 saturated heterocycles. The molecule has 0 radical (unpaired) electrons. The molecule has 0 saturated carbocycles. The highest BCUT2D eigenvalue weighted by Gasteiger charge is 2.18. The molecule has 0 aliphatic heterocycles. The van der Waals surface area contributed by atoms with Gasteiger partial charge in [0.2, 0.25) is 0 Å². The van der Waals surface area contributed by atoms with Crippen LogP contribution in [0.5, 0.6) is 11.5 Å². The number of Topliss-reactive ketones (excluding diaryl/α,β-unsaturated/α-hetero) is 1. The Hall–Kier alpha value is -1.81. The Bertz CT molecular complexity index is 415. The molecule has 0 fully saturated rings. The largest absolute Gasteiger partial charge is 0.497 e. The van der Waals surface area contributed by atoms with Gasteiger partial charge < -0.3 is 15.2 Å². The minimum absolute atomic E-state index is 0.163. The first-order valence-corrected chi connectivity index (χ1v) is 5.26. The Morgan fingerprint density at radius 3 is 2.71 bits per heavy atom. The van der Waals surface area contributed by atoms with Crippen LogP contribution in [0.2, 0.25) is 0 Å². The second-order valence-corrected chi connectivity index (χ2v) is 3.56. The molecule has 0 aliphatic carbocycles. The monoisotopic (exact) mass is 235 g/mol. The third-order valence-electron chi connectivity index (χ3n) is 2.43. The van der Waals surface area contributed by atoms with Gasteiger partial charge in [0, 0.05) is 6.07 Å². The first-order valence-electron chi connectivity index (χ1n) is 5.26. The number of benzene rings is 1. The van der Waals surface area contributed by atoms with Crippen molar-refractivity contribution >= 4 is 5.78 Å². The maximum Gasteiger partial charge on any atom is 0.183 e. The van der Waals surface area contributed by atoms with Crippen LogP contribution in [0.3, 0.4) is 0 Å². The molecule has 0 amide bonds. The van der Waals surface area contributed by atoms with E-state index in [0.29, 0.717) is 23.5 Å². The molecule has 1 rings (SSSR count). The summed E-state index contributed by atoms with van der Waals surface area (Å²) in [6.45, 7) is 3.56. The minimum Gasteiger partial charge on any atom is -0.497 e. The fourth-order valence-electron chi connectivity index (χ4n) is 1.49. The van der Waals surface area contributed by atoms with Crippen molar-refractivity contribution in [3.63, 3.8) is 0 Å². The summed E-state index contributed by atoms with van der Waals surface area (Å²) in [6, 6.07) is 4.43. The highest BCUT2D eigenvalue weighted by molar-refractivity contribution is 6.02. The number of hydrogen-bond acceptors (Lipinski definition) is 4. The summed E-state index contributed by atoms with van der Waals surface area (Å²) in [5, 5.41) is 0. The van der Waals surface area contributed by atoms with Crippen molar-refractivity contribution < 1.29 is 14.3 Å². The Morgan fingerprint density at radius 1 is 1.47 bits per heavy atom. The molecule has 2 N–H and O–H groups in total. The number of carbonyl (C=O) groups is 1. The van der Waals surface area contributed by atoms with E-state index < -0.39 is 6.04 Å². The van der Waals surface area contributed by atoms with Crippen LogP contribution < -0.4 is 15.2 Å². The number of hydrogen-bond donors (Lipinski definition) is 1. The van der Waals surface area contributed by atoms with Gasteiger partial charge in [0.15, 0.2) is 5.78 Å². The average Bonchev–Trinajstić information content (AvgIpc) is 2.37. The van der Waals surface area contributed by atoms with Crippen LogP contribution in [0.1, 0.15) is 16.8 Å². The van der Waals surface area contributed by atoms with E-state index in [0.717, 1.165) is 0 Å². The quantitative estimate of drug-likeness (QED) is 0.603. The van der Waals surface area contributed by atoms with Gasteiger partial charge in [0.1, 0.15) is 11.5 Å². The smallest absolute Gasteiger partial charge is 0.183 e. The summed E-state index contributed by atoms with van der Waals surface area (Å²) in [4.78, 5) is 12.0. The molecule has 0 heterocycles. The molecule has 17 heavy (non-hydrogen) atoms. The van der Waals surface area contributed by atoms with E-state index in [1.165, 1.54) is 7.11 Å². The first kappa shape index (κ1) is 13.3. The fraction of sp³-hybridized carbons (Fsp3) is 0.308. The molecule has 1 atom stereocenters. The Kier molecular flexibility index (Phi) is 4.72. The number of ketones is 1. The average molecular weight is 235 g/mol. The summed E-state index contributed by atoms with van der Waals surface area (Å²) in [5.41, 5.74) is 6.21. The van der Waals surface area contributed by atoms with Crippen molar-refractivity contribution in [1.82, 2.24) is 0 Å². The lowest BCUT2D eigenvalue weighted by atomic mass is 10.0. The molecule has 0 spiro atoms. The van der Waals surface area contributed by atoms with Gasteiger partial charge in [-0.15, -0.1) is 6.58 Å². The van der Waals surface area contributed by atoms with E-state index in [9.17, 15) is 4.79 Å². The molecule has 4 heteroatoms. The standard InChI is InChI=1S/C13H17NO3/c1-4-5-11(14)13(15)10-7-6-9(16-2)8-12(10)17-3/h4,6-8,11H,1,5,14H2,2-3H3. The van der Waals surface area contributed by atoms with Crippen LogP contribution in [-0.2, 0) is 0 Å². The van der Waals surface area contributed by atoms with Crippen LogP contribution in [0.25, 0.3) is 0 Å². The van der Waals surface area contributed by atoms with E-state index in [1.54, 1.807) is 31.4 Å². The van der Waals surface area contributed by atoms with Crippen molar-refractivity contribution in [2.75, 3.05) is 14.2 Å². The molecule has 1 aromatic rings. The minimum atomic E-state index is -0.588. The zero-order valence-corrected chi connectivity index (χ0v) is 10.1. The van der Waals surface area contributed by atoms with Gasteiger partial charge in [0.25, 0.3) is 0 Å². The van der Waals surface area contributed by atoms with Crippen molar-refractivity contribution in [2.45, 2.75) is 12.5 Å². The van der Waals surface area contributed by atoms with Crippen LogP contribution in [0, 0.1) is 0 Å². The second-order valence-electron chi connectivity index (χ2n) is 3.56. The molecule has 1 aromatic carbocycles. The molecule has 0 bridgehead atoms. The van der Waals surface area contributed by atoms with Crippen LogP contribution in [0.4, 0.5) is 0 Å². The van der Waals surface area contributed by atoms with Gasteiger partial charge >= 0.3 is 0 Å². The number of nitrogens with two attached hydrogens (primary N) is 1. The van der Waals surface area contributed by atoms with Gasteiger partial charge in [-0.3, -0.25) is 4.79 Å². The van der Waals surface area contributed by atoms with Gasteiger partial charge in [-0.05, 0) is 18.6 Å². The van der Waals surface area contributed by atoms with E-state index in [4.69, 9.17) is 15.2 Å². The summed E-state index contributed by atoms with van der Waals surface area (Å²) in [6.07, 6.45) is 2.06. The lowest BCUT2D eigenvalue weighted by Crippen LogP contribution is -2.30. The van der Waals surface area contributed by atoms with Gasteiger partial charge in [-0.25, -0.2) is 0 Å². The highest BCUT2D eigenvalue weighted by Crippen LogP contribution is 2.25. The van der Waals surface area contributed by atoms with E-state index in [-0.39, 0.29) is 5.78 Å². The van der Waals surface area contributed by atoms with Gasteiger partial charge in [0.05, 0.1) is 25.8 Å². The Labute approximate surface area is 101 Å². The molecule has 4 nitrogen and oxygen atoms in total. The second kappa shape index (κ2) is 6.06. The Morgan fingerprint density at radius 2 is 2.18 bits per heavy atom. The van der Waals surface area contributed by atoms with Crippen molar-refractivity contribution in [3.05, 3.63) is 36.4 Å². The van der Waals surface area contributed by atoms with Crippen molar-refractivity contribution in [1.29, 1.82) is 0 Å². The summed E-state index contributed by atoms with van der Waals surface area (Å²) in [7, 11) is 3.06. The van der Waals surface area contributed by atoms with Crippen LogP contribution >= 0.6 is 0 Å². The predicted molar refractivity (Wildman–Crippen MR) is 66.7 cm³/mol. The molecule has 0 aromatic heterocycles. The molecule has 0 aliphatic rings. The van der Waals surface area contributed by atoms with Crippen molar-refractivity contribution in [2.24, 2.45) is 5.73 Å². The maximum absolute atomic E-state index is 12.0. The normalized spacial score (nSPS) is 11.7.